The molecule has 1 N–H and O–H groups in total. The third-order valence-electron chi connectivity index (χ3n) is 4.45. The van der Waals surface area contributed by atoms with Crippen LogP contribution in [0.5, 0.6) is 5.75 Å². The van der Waals surface area contributed by atoms with Crippen LogP contribution in [-0.2, 0) is 4.74 Å². The Labute approximate surface area is 122 Å². The van der Waals surface area contributed by atoms with E-state index in [-0.39, 0.29) is 23.0 Å². The molecule has 1 heterocycles. The largest absolute Gasteiger partial charge is 0.489 e. The highest BCUT2D eigenvalue weighted by atomic mass is 19.1. The predicted molar refractivity (Wildman–Crippen MR) is 74.2 cm³/mol. The predicted octanol–water partition coefficient (Wildman–Crippen LogP) is 3.39. The van der Waals surface area contributed by atoms with Crippen molar-refractivity contribution in [2.24, 2.45) is 0 Å². The molecule has 2 aliphatic rings. The van der Waals surface area contributed by atoms with Gasteiger partial charge in [-0.05, 0) is 25.0 Å². The smallest absolute Gasteiger partial charge is 0.342 e. The minimum atomic E-state index is -1.30. The standard InChI is InChI=1S/C16H19FO4/c17-12-4-3-5-13(14(12)15(18)19)21-11-6-9-20-16(10-11)7-1-2-8-16/h3-5,11H,1-2,6-10H2,(H,18,19). The van der Waals surface area contributed by atoms with Crippen molar-refractivity contribution in [3.63, 3.8) is 0 Å². The van der Waals surface area contributed by atoms with Gasteiger partial charge in [0.25, 0.3) is 0 Å². The van der Waals surface area contributed by atoms with Crippen LogP contribution in [0.1, 0.15) is 48.9 Å². The van der Waals surface area contributed by atoms with E-state index in [0.29, 0.717) is 13.0 Å². The van der Waals surface area contributed by atoms with Crippen LogP contribution in [0.3, 0.4) is 0 Å². The number of halogens is 1. The molecule has 0 aromatic heterocycles. The summed E-state index contributed by atoms with van der Waals surface area (Å²) in [4.78, 5) is 11.2. The third-order valence-corrected chi connectivity index (χ3v) is 4.45. The van der Waals surface area contributed by atoms with Crippen molar-refractivity contribution in [1.82, 2.24) is 0 Å². The second kappa shape index (κ2) is 5.64. The molecule has 1 saturated heterocycles. The van der Waals surface area contributed by atoms with Gasteiger partial charge in [0.05, 0.1) is 12.2 Å². The van der Waals surface area contributed by atoms with E-state index in [1.54, 1.807) is 0 Å². The Kier molecular flexibility index (Phi) is 3.85. The average molecular weight is 294 g/mol. The molecule has 1 aromatic rings. The fourth-order valence-corrected chi connectivity index (χ4v) is 3.44. The molecule has 1 aromatic carbocycles. The number of ether oxygens (including phenoxy) is 2. The van der Waals surface area contributed by atoms with Crippen LogP contribution < -0.4 is 4.74 Å². The number of hydrogen-bond acceptors (Lipinski definition) is 3. The number of benzene rings is 1. The summed E-state index contributed by atoms with van der Waals surface area (Å²) in [5.74, 6) is -1.95. The molecule has 114 valence electrons. The fraction of sp³-hybridized carbons (Fsp3) is 0.562. The van der Waals surface area contributed by atoms with Gasteiger partial charge in [0.2, 0.25) is 0 Å². The van der Waals surface area contributed by atoms with E-state index < -0.39 is 11.8 Å². The van der Waals surface area contributed by atoms with Crippen molar-refractivity contribution in [2.45, 2.75) is 50.2 Å². The number of aromatic carboxylic acids is 1. The molecule has 21 heavy (non-hydrogen) atoms. The maximum Gasteiger partial charge on any atom is 0.342 e. The summed E-state index contributed by atoms with van der Waals surface area (Å²) in [6, 6.07) is 4.13. The molecule has 1 atom stereocenters. The van der Waals surface area contributed by atoms with Crippen LogP contribution >= 0.6 is 0 Å². The van der Waals surface area contributed by atoms with Crippen molar-refractivity contribution in [1.29, 1.82) is 0 Å². The average Bonchev–Trinajstić information content (AvgIpc) is 2.86. The van der Waals surface area contributed by atoms with E-state index in [1.807, 2.05) is 0 Å². The monoisotopic (exact) mass is 294 g/mol. The van der Waals surface area contributed by atoms with Gasteiger partial charge >= 0.3 is 5.97 Å². The Hall–Kier alpha value is -1.62. The van der Waals surface area contributed by atoms with E-state index in [9.17, 15) is 9.18 Å². The van der Waals surface area contributed by atoms with Crippen LogP contribution in [0.2, 0.25) is 0 Å². The highest BCUT2D eigenvalue weighted by molar-refractivity contribution is 5.91. The second-order valence-electron chi connectivity index (χ2n) is 5.89. The summed E-state index contributed by atoms with van der Waals surface area (Å²) >= 11 is 0. The number of carboxylic acid groups (broad SMARTS) is 1. The van der Waals surface area contributed by atoms with Crippen LogP contribution in [0.25, 0.3) is 0 Å². The maximum absolute atomic E-state index is 13.7. The summed E-state index contributed by atoms with van der Waals surface area (Å²) in [5.41, 5.74) is -0.496. The summed E-state index contributed by atoms with van der Waals surface area (Å²) < 4.78 is 25.4. The van der Waals surface area contributed by atoms with Gasteiger partial charge in [-0.1, -0.05) is 18.9 Å². The van der Waals surface area contributed by atoms with E-state index in [0.717, 1.165) is 38.2 Å². The number of hydrogen-bond donors (Lipinski definition) is 1. The van der Waals surface area contributed by atoms with Crippen molar-refractivity contribution < 1.29 is 23.8 Å². The van der Waals surface area contributed by atoms with E-state index >= 15 is 0 Å². The zero-order valence-corrected chi connectivity index (χ0v) is 11.8. The van der Waals surface area contributed by atoms with E-state index in [2.05, 4.69) is 0 Å². The first-order valence-corrected chi connectivity index (χ1v) is 7.42. The van der Waals surface area contributed by atoms with Crippen molar-refractivity contribution in [3.05, 3.63) is 29.6 Å². The van der Waals surface area contributed by atoms with Gasteiger partial charge in [-0.25, -0.2) is 9.18 Å². The molecule has 5 heteroatoms. The lowest BCUT2D eigenvalue weighted by molar-refractivity contribution is -0.108. The first-order valence-electron chi connectivity index (χ1n) is 7.42. The highest BCUT2D eigenvalue weighted by Gasteiger charge is 2.41. The normalized spacial score (nSPS) is 24.1. The molecule has 1 saturated carbocycles. The molecular weight excluding hydrogens is 275 g/mol. The van der Waals surface area contributed by atoms with Gasteiger partial charge in [-0.2, -0.15) is 0 Å². The van der Waals surface area contributed by atoms with Gasteiger partial charge < -0.3 is 14.6 Å². The first-order chi connectivity index (χ1) is 10.1. The Morgan fingerprint density at radius 1 is 1.38 bits per heavy atom. The fourth-order valence-electron chi connectivity index (χ4n) is 3.44. The van der Waals surface area contributed by atoms with Gasteiger partial charge in [0.15, 0.2) is 0 Å². The molecule has 0 radical (unpaired) electrons. The zero-order valence-electron chi connectivity index (χ0n) is 11.8. The Bertz CT molecular complexity index is 537. The molecule has 1 aliphatic carbocycles. The molecule has 1 spiro atoms. The SMILES string of the molecule is O=C(O)c1c(F)cccc1OC1CCOC2(CCCC2)C1. The Balaban J connectivity index is 1.77. The molecule has 0 amide bonds. The first kappa shape index (κ1) is 14.3. The summed E-state index contributed by atoms with van der Waals surface area (Å²) in [6.45, 7) is 0.613. The topological polar surface area (TPSA) is 55.8 Å². The van der Waals surface area contributed by atoms with Crippen molar-refractivity contribution in [2.75, 3.05) is 6.61 Å². The molecular formula is C16H19FO4. The molecule has 4 nitrogen and oxygen atoms in total. The van der Waals surface area contributed by atoms with Gasteiger partial charge in [-0.15, -0.1) is 0 Å². The lowest BCUT2D eigenvalue weighted by atomic mass is 9.90. The molecule has 1 aliphatic heterocycles. The Morgan fingerprint density at radius 2 is 2.14 bits per heavy atom. The Morgan fingerprint density at radius 3 is 2.86 bits per heavy atom. The summed E-state index contributed by atoms with van der Waals surface area (Å²) in [6.07, 6.45) is 5.72. The van der Waals surface area contributed by atoms with E-state index in [4.69, 9.17) is 14.6 Å². The van der Waals surface area contributed by atoms with Crippen LogP contribution in [0.4, 0.5) is 4.39 Å². The van der Waals surface area contributed by atoms with Crippen molar-refractivity contribution in [3.8, 4) is 5.75 Å². The maximum atomic E-state index is 13.7. The quantitative estimate of drug-likeness (QED) is 0.928. The van der Waals surface area contributed by atoms with Gasteiger partial charge in [0.1, 0.15) is 23.2 Å². The summed E-state index contributed by atoms with van der Waals surface area (Å²) in [5, 5.41) is 9.14. The van der Waals surface area contributed by atoms with Gasteiger partial charge in [0, 0.05) is 12.8 Å². The number of rotatable bonds is 3. The van der Waals surface area contributed by atoms with E-state index in [1.165, 1.54) is 12.1 Å². The highest BCUT2D eigenvalue weighted by Crippen LogP contribution is 2.41. The molecule has 1 unspecified atom stereocenters. The third kappa shape index (κ3) is 2.88. The lowest BCUT2D eigenvalue weighted by Crippen LogP contribution is -2.41. The minimum absolute atomic E-state index is 0.111. The molecule has 0 bridgehead atoms. The number of carbonyl (C=O) groups is 1. The number of carboxylic acids is 1. The van der Waals surface area contributed by atoms with Gasteiger partial charge in [-0.3, -0.25) is 0 Å². The molecule has 3 rings (SSSR count). The zero-order chi connectivity index (χ0) is 14.9. The second-order valence-corrected chi connectivity index (χ2v) is 5.89. The van der Waals surface area contributed by atoms with Crippen LogP contribution in [0.15, 0.2) is 18.2 Å². The minimum Gasteiger partial charge on any atom is -0.489 e. The van der Waals surface area contributed by atoms with Crippen LogP contribution in [-0.4, -0.2) is 29.4 Å². The summed E-state index contributed by atoms with van der Waals surface area (Å²) in [7, 11) is 0. The molecule has 2 fully saturated rings. The van der Waals surface area contributed by atoms with Crippen molar-refractivity contribution >= 4 is 5.97 Å². The van der Waals surface area contributed by atoms with Crippen LogP contribution in [0, 0.1) is 5.82 Å². The lowest BCUT2D eigenvalue weighted by Gasteiger charge is -2.38.